The minimum Gasteiger partial charge on any atom is -0.356 e. The summed E-state index contributed by atoms with van der Waals surface area (Å²) in [4.78, 5) is 23.3. The number of likely N-dealkylation sites (N-methyl/N-ethyl adjacent to an activating group) is 1. The molecule has 0 saturated carbocycles. The van der Waals surface area contributed by atoms with E-state index in [0.717, 1.165) is 84.6 Å². The zero-order valence-corrected chi connectivity index (χ0v) is 21.9. The Hall–Kier alpha value is -3.95. The lowest BCUT2D eigenvalue weighted by molar-refractivity contribution is -0.0370. The number of fused-ring (bicyclic) bond motifs is 2. The van der Waals surface area contributed by atoms with Gasteiger partial charge in [0, 0.05) is 43.4 Å². The van der Waals surface area contributed by atoms with Gasteiger partial charge in [0.2, 0.25) is 5.95 Å². The first-order valence-corrected chi connectivity index (χ1v) is 13.2. The monoisotopic (exact) mass is 508 g/mol. The average Bonchev–Trinajstić information content (AvgIpc) is 3.40. The van der Waals surface area contributed by atoms with Crippen LogP contribution in [0.15, 0.2) is 67.3 Å². The van der Waals surface area contributed by atoms with Crippen LogP contribution in [0.4, 0.5) is 5.95 Å². The molecule has 1 unspecified atom stereocenters. The largest absolute Gasteiger partial charge is 0.356 e. The van der Waals surface area contributed by atoms with Gasteiger partial charge in [-0.05, 0) is 51.1 Å². The Kier molecular flexibility index (Phi) is 6.94. The van der Waals surface area contributed by atoms with Crippen LogP contribution in [0.5, 0.6) is 0 Å². The van der Waals surface area contributed by atoms with Gasteiger partial charge in [-0.1, -0.05) is 36.4 Å². The van der Waals surface area contributed by atoms with Crippen molar-refractivity contribution in [3.63, 3.8) is 0 Å². The van der Waals surface area contributed by atoms with E-state index in [1.54, 1.807) is 6.33 Å². The van der Waals surface area contributed by atoms with Crippen LogP contribution < -0.4 is 4.90 Å². The standard InChI is InChI=1S/C29H32N8O/c1-35(2)13-14-36(19-21-8-4-3-5-9-21)29-30-17-23-16-22(11-12-25(23)34-29)27-24-18-33-37(28(24)32-20-31-27)26-10-6-7-15-38-26/h3-5,8-9,11-12,16-18,20,26H,6-7,10,13-15,19H2,1-2H3. The third-order valence-electron chi connectivity index (χ3n) is 6.98. The van der Waals surface area contributed by atoms with Gasteiger partial charge in [0.05, 0.1) is 22.8 Å². The molecule has 6 rings (SSSR count). The van der Waals surface area contributed by atoms with E-state index in [4.69, 9.17) is 14.7 Å². The van der Waals surface area contributed by atoms with E-state index in [9.17, 15) is 0 Å². The molecule has 1 aliphatic rings. The molecular formula is C29H32N8O. The van der Waals surface area contributed by atoms with Crippen LogP contribution in [0.2, 0.25) is 0 Å². The van der Waals surface area contributed by atoms with Gasteiger partial charge in [-0.15, -0.1) is 0 Å². The van der Waals surface area contributed by atoms with Crippen molar-refractivity contribution < 1.29 is 4.74 Å². The Morgan fingerprint density at radius 3 is 2.68 bits per heavy atom. The first-order valence-electron chi connectivity index (χ1n) is 13.2. The molecular weight excluding hydrogens is 476 g/mol. The highest BCUT2D eigenvalue weighted by Gasteiger charge is 2.21. The fourth-order valence-electron chi connectivity index (χ4n) is 4.92. The van der Waals surface area contributed by atoms with Crippen molar-refractivity contribution in [2.24, 2.45) is 0 Å². The molecule has 1 saturated heterocycles. The van der Waals surface area contributed by atoms with E-state index in [0.29, 0.717) is 0 Å². The number of ether oxygens (including phenoxy) is 1. The van der Waals surface area contributed by atoms with Crippen LogP contribution in [-0.2, 0) is 11.3 Å². The third-order valence-corrected chi connectivity index (χ3v) is 6.98. The normalized spacial score (nSPS) is 15.9. The van der Waals surface area contributed by atoms with Gasteiger partial charge in [-0.25, -0.2) is 24.6 Å². The molecule has 9 nitrogen and oxygen atoms in total. The smallest absolute Gasteiger partial charge is 0.226 e. The second-order valence-electron chi connectivity index (χ2n) is 10.0. The molecule has 0 radical (unpaired) electrons. The van der Waals surface area contributed by atoms with Crippen LogP contribution in [0.3, 0.4) is 0 Å². The van der Waals surface area contributed by atoms with E-state index in [2.05, 4.69) is 75.4 Å². The van der Waals surface area contributed by atoms with Crippen molar-refractivity contribution in [1.29, 1.82) is 0 Å². The van der Waals surface area contributed by atoms with Crippen molar-refractivity contribution in [3.8, 4) is 11.3 Å². The maximum Gasteiger partial charge on any atom is 0.226 e. The fourth-order valence-corrected chi connectivity index (χ4v) is 4.92. The van der Waals surface area contributed by atoms with Gasteiger partial charge >= 0.3 is 0 Å². The van der Waals surface area contributed by atoms with Crippen LogP contribution in [0, 0.1) is 0 Å². The number of anilines is 1. The minimum atomic E-state index is -0.0706. The molecule has 1 aliphatic heterocycles. The topological polar surface area (TPSA) is 85.1 Å². The predicted molar refractivity (Wildman–Crippen MR) is 149 cm³/mol. The summed E-state index contributed by atoms with van der Waals surface area (Å²) < 4.78 is 7.84. The van der Waals surface area contributed by atoms with Crippen LogP contribution in [0.1, 0.15) is 31.1 Å². The van der Waals surface area contributed by atoms with Crippen LogP contribution in [0.25, 0.3) is 33.2 Å². The summed E-state index contributed by atoms with van der Waals surface area (Å²) in [6.45, 7) is 3.26. The quantitative estimate of drug-likeness (QED) is 0.298. The third kappa shape index (κ3) is 5.07. The molecule has 2 aromatic carbocycles. The van der Waals surface area contributed by atoms with Gasteiger partial charge in [-0.3, -0.25) is 0 Å². The van der Waals surface area contributed by atoms with Gasteiger partial charge < -0.3 is 14.5 Å². The lowest BCUT2D eigenvalue weighted by Crippen LogP contribution is -2.32. The summed E-state index contributed by atoms with van der Waals surface area (Å²) in [5.41, 5.74) is 4.76. The molecule has 1 atom stereocenters. The summed E-state index contributed by atoms with van der Waals surface area (Å²) >= 11 is 0. The van der Waals surface area contributed by atoms with Gasteiger partial charge in [0.15, 0.2) is 11.9 Å². The zero-order chi connectivity index (χ0) is 25.9. The molecule has 5 aromatic rings. The second-order valence-corrected chi connectivity index (χ2v) is 10.0. The Labute approximate surface area is 222 Å². The van der Waals surface area contributed by atoms with Crippen molar-refractivity contribution in [2.45, 2.75) is 32.0 Å². The zero-order valence-electron chi connectivity index (χ0n) is 21.9. The average molecular weight is 509 g/mol. The van der Waals surface area contributed by atoms with E-state index in [-0.39, 0.29) is 6.23 Å². The van der Waals surface area contributed by atoms with Gasteiger partial charge in [-0.2, -0.15) is 5.10 Å². The highest BCUT2D eigenvalue weighted by molar-refractivity contribution is 5.93. The minimum absolute atomic E-state index is 0.0706. The number of nitrogens with zero attached hydrogens (tertiary/aromatic N) is 8. The van der Waals surface area contributed by atoms with E-state index < -0.39 is 0 Å². The number of hydrogen-bond acceptors (Lipinski definition) is 8. The molecule has 1 fully saturated rings. The number of benzene rings is 2. The maximum atomic E-state index is 5.95. The fraction of sp³-hybridized carbons (Fsp3) is 0.345. The maximum absolute atomic E-state index is 5.95. The summed E-state index contributed by atoms with van der Waals surface area (Å²) in [5, 5.41) is 6.50. The lowest BCUT2D eigenvalue weighted by atomic mass is 10.1. The Bertz CT molecular complexity index is 1530. The van der Waals surface area contributed by atoms with E-state index >= 15 is 0 Å². The number of aromatic nitrogens is 6. The predicted octanol–water partition coefficient (Wildman–Crippen LogP) is 4.70. The molecule has 0 bridgehead atoms. The van der Waals surface area contributed by atoms with Crippen molar-refractivity contribution in [2.75, 3.05) is 38.7 Å². The van der Waals surface area contributed by atoms with Crippen LogP contribution in [-0.4, -0.2) is 68.4 Å². The van der Waals surface area contributed by atoms with Crippen LogP contribution >= 0.6 is 0 Å². The Balaban J connectivity index is 1.31. The molecule has 4 heterocycles. The highest BCUT2D eigenvalue weighted by Crippen LogP contribution is 2.31. The molecule has 194 valence electrons. The van der Waals surface area contributed by atoms with Crippen molar-refractivity contribution >= 4 is 27.9 Å². The molecule has 0 N–H and O–H groups in total. The van der Waals surface area contributed by atoms with E-state index in [1.807, 2.05) is 29.2 Å². The van der Waals surface area contributed by atoms with Crippen molar-refractivity contribution in [3.05, 3.63) is 72.8 Å². The summed E-state index contributed by atoms with van der Waals surface area (Å²) in [6, 6.07) is 16.7. The number of rotatable bonds is 8. The molecule has 0 aliphatic carbocycles. The Morgan fingerprint density at radius 2 is 1.87 bits per heavy atom. The summed E-state index contributed by atoms with van der Waals surface area (Å²) in [6.07, 6.45) is 8.46. The summed E-state index contributed by atoms with van der Waals surface area (Å²) in [7, 11) is 4.17. The molecule has 0 spiro atoms. The Morgan fingerprint density at radius 1 is 0.974 bits per heavy atom. The summed E-state index contributed by atoms with van der Waals surface area (Å²) in [5.74, 6) is 0.731. The first-order chi connectivity index (χ1) is 18.7. The molecule has 38 heavy (non-hydrogen) atoms. The molecule has 3 aromatic heterocycles. The lowest BCUT2D eigenvalue weighted by Gasteiger charge is -2.24. The number of hydrogen-bond donors (Lipinski definition) is 0. The molecule has 0 amide bonds. The SMILES string of the molecule is CN(C)CCN(Cc1ccccc1)c1ncc2cc(-c3ncnc4c3cnn4C3CCCCO3)ccc2n1. The molecule has 9 heteroatoms. The van der Waals surface area contributed by atoms with Gasteiger partial charge in [0.1, 0.15) is 6.33 Å². The highest BCUT2D eigenvalue weighted by atomic mass is 16.5. The van der Waals surface area contributed by atoms with Gasteiger partial charge in [0.25, 0.3) is 0 Å². The van der Waals surface area contributed by atoms with E-state index in [1.165, 1.54) is 5.56 Å². The van der Waals surface area contributed by atoms with Crippen molar-refractivity contribution in [1.82, 2.24) is 34.6 Å². The first kappa shape index (κ1) is 24.4. The second kappa shape index (κ2) is 10.8.